The molecule has 2 aromatic heterocycles. The molecule has 14 heteroatoms. The van der Waals surface area contributed by atoms with Crippen molar-refractivity contribution in [2.24, 2.45) is 12.0 Å². The molecule has 0 saturated carbocycles. The number of aryl methyl sites for hydroxylation is 1. The van der Waals surface area contributed by atoms with Crippen LogP contribution in [0.5, 0.6) is 11.5 Å². The largest absolute Gasteiger partial charge is 0.493 e. The van der Waals surface area contributed by atoms with Crippen LogP contribution < -0.4 is 20.1 Å². The Morgan fingerprint density at radius 2 is 1.86 bits per heavy atom. The highest BCUT2D eigenvalue weighted by Crippen LogP contribution is 2.38. The fourth-order valence-electron chi connectivity index (χ4n) is 6.46. The number of aliphatic imine (C=N–C) groups is 1. The summed E-state index contributed by atoms with van der Waals surface area (Å²) in [5, 5.41) is 6.46. The molecule has 3 aliphatic heterocycles. The Balaban J connectivity index is 0.917. The van der Waals surface area contributed by atoms with Gasteiger partial charge in [0, 0.05) is 74.2 Å². The van der Waals surface area contributed by atoms with Crippen LogP contribution in [0.4, 0.5) is 17.1 Å². The average Bonchev–Trinajstić information content (AvgIpc) is 3.85. The van der Waals surface area contributed by atoms with Crippen LogP contribution in [-0.4, -0.2) is 95.1 Å². The molecule has 7 rings (SSSR count). The molecule has 3 aliphatic rings. The first-order chi connectivity index (χ1) is 24.3. The van der Waals surface area contributed by atoms with Gasteiger partial charge in [-0.05, 0) is 55.7 Å². The fraction of sp³-hybridized carbons (Fsp3) is 0.361. The number of thioether (sulfide) groups is 1. The van der Waals surface area contributed by atoms with Crippen molar-refractivity contribution in [2.45, 2.75) is 31.7 Å². The van der Waals surface area contributed by atoms with E-state index in [2.05, 4.69) is 15.6 Å². The first-order valence-electron chi connectivity index (χ1n) is 16.7. The lowest BCUT2D eigenvalue weighted by Gasteiger charge is -2.25. The van der Waals surface area contributed by atoms with Gasteiger partial charge in [0.05, 0.1) is 36.7 Å². The highest BCUT2D eigenvalue weighted by molar-refractivity contribution is 7.99. The molecular weight excluding hydrogens is 660 g/mol. The second-order valence-corrected chi connectivity index (χ2v) is 13.7. The third-order valence-corrected chi connectivity index (χ3v) is 10.0. The number of benzene rings is 2. The van der Waals surface area contributed by atoms with Crippen LogP contribution in [0.15, 0.2) is 58.1 Å². The lowest BCUT2D eigenvalue weighted by Crippen LogP contribution is -2.37. The Labute approximate surface area is 293 Å². The van der Waals surface area contributed by atoms with Crippen molar-refractivity contribution >= 4 is 69.6 Å². The highest BCUT2D eigenvalue weighted by Gasteiger charge is 2.32. The smallest absolute Gasteiger partial charge is 0.289 e. The lowest BCUT2D eigenvalue weighted by atomic mass is 10.1. The molecule has 0 bridgehead atoms. The molecule has 4 amide bonds. The number of methoxy groups -OCH3 is 1. The molecule has 0 aliphatic carbocycles. The van der Waals surface area contributed by atoms with Gasteiger partial charge >= 0.3 is 0 Å². The van der Waals surface area contributed by atoms with Crippen LogP contribution in [0.2, 0.25) is 0 Å². The predicted molar refractivity (Wildman–Crippen MR) is 191 cm³/mol. The molecule has 1 unspecified atom stereocenters. The number of ether oxygens (including phenoxy) is 2. The van der Waals surface area contributed by atoms with E-state index in [1.165, 1.54) is 7.11 Å². The molecule has 0 spiro atoms. The van der Waals surface area contributed by atoms with Gasteiger partial charge in [-0.2, -0.15) is 11.8 Å². The minimum atomic E-state index is -0.354. The molecule has 0 radical (unpaired) electrons. The van der Waals surface area contributed by atoms with Crippen LogP contribution in [0, 0.1) is 0 Å². The molecule has 2 N–H and O–H groups in total. The van der Waals surface area contributed by atoms with Crippen molar-refractivity contribution in [3.63, 3.8) is 0 Å². The minimum absolute atomic E-state index is 0.00724. The topological polar surface area (TPSA) is 148 Å². The van der Waals surface area contributed by atoms with E-state index in [0.29, 0.717) is 76.8 Å². The maximum absolute atomic E-state index is 13.2. The Morgan fingerprint density at radius 1 is 1.02 bits per heavy atom. The van der Waals surface area contributed by atoms with Crippen molar-refractivity contribution in [1.29, 1.82) is 0 Å². The fourth-order valence-corrected chi connectivity index (χ4v) is 7.36. The van der Waals surface area contributed by atoms with Gasteiger partial charge in [-0.25, -0.2) is 0 Å². The number of amides is 4. The molecule has 2 fully saturated rings. The minimum Gasteiger partial charge on any atom is -0.493 e. The van der Waals surface area contributed by atoms with Gasteiger partial charge in [0.1, 0.15) is 11.3 Å². The number of nitrogens with zero attached hydrogens (tertiary/aromatic N) is 4. The maximum atomic E-state index is 13.2. The van der Waals surface area contributed by atoms with Gasteiger partial charge in [0.15, 0.2) is 17.3 Å². The number of fused-ring (bicyclic) bond motifs is 3. The Morgan fingerprint density at radius 3 is 2.68 bits per heavy atom. The van der Waals surface area contributed by atoms with E-state index in [-0.39, 0.29) is 48.5 Å². The third-order valence-electron chi connectivity index (χ3n) is 9.07. The zero-order valence-electron chi connectivity index (χ0n) is 27.9. The number of carbonyl (C=O) groups excluding carboxylic acids is 4. The number of hydrogen-bond donors (Lipinski definition) is 2. The highest BCUT2D eigenvalue weighted by atomic mass is 32.2. The van der Waals surface area contributed by atoms with Gasteiger partial charge in [-0.3, -0.25) is 24.2 Å². The van der Waals surface area contributed by atoms with Gasteiger partial charge in [-0.1, -0.05) is 0 Å². The van der Waals surface area contributed by atoms with Crippen molar-refractivity contribution in [2.75, 3.05) is 55.5 Å². The molecule has 5 heterocycles. The quantitative estimate of drug-likeness (QED) is 0.211. The second kappa shape index (κ2) is 14.3. The van der Waals surface area contributed by atoms with Crippen LogP contribution in [0.1, 0.15) is 57.1 Å². The van der Waals surface area contributed by atoms with Gasteiger partial charge in [0.25, 0.3) is 17.7 Å². The molecule has 2 saturated heterocycles. The van der Waals surface area contributed by atoms with E-state index in [9.17, 15) is 19.2 Å². The Hall–Kier alpha value is -5.24. The molecule has 4 aromatic rings. The number of furan rings is 1. The Bertz CT molecular complexity index is 2000. The molecule has 260 valence electrons. The summed E-state index contributed by atoms with van der Waals surface area (Å²) >= 11 is 1.83. The maximum Gasteiger partial charge on any atom is 0.289 e. The number of hydrogen-bond acceptors (Lipinski definition) is 9. The van der Waals surface area contributed by atoms with Crippen molar-refractivity contribution < 1.29 is 33.1 Å². The van der Waals surface area contributed by atoms with Crippen molar-refractivity contribution in [1.82, 2.24) is 14.4 Å². The summed E-state index contributed by atoms with van der Waals surface area (Å²) < 4.78 is 18.9. The van der Waals surface area contributed by atoms with Crippen LogP contribution >= 0.6 is 11.8 Å². The molecule has 50 heavy (non-hydrogen) atoms. The zero-order valence-corrected chi connectivity index (χ0v) is 28.7. The van der Waals surface area contributed by atoms with Gasteiger partial charge in [0.2, 0.25) is 5.91 Å². The van der Waals surface area contributed by atoms with Gasteiger partial charge < -0.3 is 38.9 Å². The first-order valence-corrected chi connectivity index (χ1v) is 17.8. The predicted octanol–water partition coefficient (Wildman–Crippen LogP) is 5.34. The SMILES string of the molecule is COc1cc2c(cc1OCCCC(=O)Nc1cc(C(=O)Nc3ccc4oc(C(=O)N5CCSCC5)cc4c3)n(C)c1)N=CC1CCCN1C2=O. The summed E-state index contributed by atoms with van der Waals surface area (Å²) in [7, 11) is 3.25. The van der Waals surface area contributed by atoms with E-state index in [1.807, 2.05) is 22.9 Å². The first kappa shape index (κ1) is 33.3. The summed E-state index contributed by atoms with van der Waals surface area (Å²) in [5.41, 5.74) is 2.98. The van der Waals surface area contributed by atoms with Crippen molar-refractivity contribution in [3.05, 3.63) is 65.7 Å². The molecule has 13 nitrogen and oxygen atoms in total. The molecule has 1 atom stereocenters. The number of anilines is 2. The van der Waals surface area contributed by atoms with E-state index >= 15 is 0 Å². The number of nitrogens with one attached hydrogen (secondary N) is 2. The summed E-state index contributed by atoms with van der Waals surface area (Å²) in [6.45, 7) is 2.34. The summed E-state index contributed by atoms with van der Waals surface area (Å²) in [4.78, 5) is 60.1. The van der Waals surface area contributed by atoms with Crippen molar-refractivity contribution in [3.8, 4) is 11.5 Å². The second-order valence-electron chi connectivity index (χ2n) is 12.5. The molecular formula is C36H38N6O7S. The summed E-state index contributed by atoms with van der Waals surface area (Å²) in [6, 6.07) is 11.9. The standard InChI is InChI=1S/C36H38N6O7S/c1-40-21-24(17-28(40)34(44)39-23-7-8-29-22(15-23)16-32(49-29)36(46)41-10-13-50-14-11-41)38-33(43)6-4-12-48-31-19-27-26(18-30(31)47-2)35(45)42-9-3-5-25(42)20-37-27/h7-8,15-21,25H,3-6,9-14H2,1-2H3,(H,38,43)(H,39,44). The number of rotatable bonds is 10. The zero-order chi connectivity index (χ0) is 34.8. The average molecular weight is 699 g/mol. The third kappa shape index (κ3) is 6.93. The van der Waals surface area contributed by atoms with E-state index in [4.69, 9.17) is 13.9 Å². The van der Waals surface area contributed by atoms with E-state index < -0.39 is 0 Å². The summed E-state index contributed by atoms with van der Waals surface area (Å²) in [5.74, 6) is 2.22. The molecule has 2 aromatic carbocycles. The lowest BCUT2D eigenvalue weighted by molar-refractivity contribution is -0.116. The van der Waals surface area contributed by atoms with Crippen LogP contribution in [0.25, 0.3) is 11.0 Å². The van der Waals surface area contributed by atoms with Gasteiger partial charge in [-0.15, -0.1) is 0 Å². The van der Waals surface area contributed by atoms with Crippen LogP contribution in [0.3, 0.4) is 0 Å². The monoisotopic (exact) mass is 698 g/mol. The Kier molecular flexibility index (Phi) is 9.52. The number of aromatic nitrogens is 1. The number of carbonyl (C=O) groups is 4. The van der Waals surface area contributed by atoms with Crippen LogP contribution in [-0.2, 0) is 11.8 Å². The summed E-state index contributed by atoms with van der Waals surface area (Å²) in [6.07, 6.45) is 5.96. The van der Waals surface area contributed by atoms with E-state index in [0.717, 1.165) is 24.3 Å². The normalized spacial score (nSPS) is 16.9. The van der Waals surface area contributed by atoms with E-state index in [1.54, 1.807) is 65.2 Å².